The van der Waals surface area contributed by atoms with Crippen molar-refractivity contribution in [1.29, 1.82) is 0 Å². The quantitative estimate of drug-likeness (QED) is 0.719. The second-order valence-electron chi connectivity index (χ2n) is 7.38. The number of nitrogens with one attached hydrogen (secondary N) is 1. The van der Waals surface area contributed by atoms with Crippen LogP contribution in [-0.2, 0) is 16.1 Å². The molecule has 150 valence electrons. The molecule has 0 aromatic heterocycles. The maximum atomic E-state index is 12.1. The minimum atomic E-state index is -0.119. The molecule has 6 nitrogen and oxygen atoms in total. The number of carbonyl (C=O) groups excluding carboxylic acids is 2. The highest BCUT2D eigenvalue weighted by Gasteiger charge is 2.15. The third kappa shape index (κ3) is 7.12. The molecule has 0 heterocycles. The average Bonchev–Trinajstić information content (AvgIpc) is 2.69. The molecule has 0 saturated heterocycles. The molecule has 2 rings (SSSR count). The van der Waals surface area contributed by atoms with Crippen molar-refractivity contribution in [2.45, 2.75) is 51.5 Å². The SMILES string of the molecule is COc1cc(CNC(=O)CCC2CCCCC2)ccc1OCC(=O)N(C)C. The van der Waals surface area contributed by atoms with Crippen molar-refractivity contribution in [3.8, 4) is 11.5 Å². The van der Waals surface area contributed by atoms with Gasteiger partial charge in [-0.3, -0.25) is 9.59 Å². The molecule has 1 aromatic rings. The molecule has 1 aliphatic rings. The molecule has 1 aliphatic carbocycles. The van der Waals surface area contributed by atoms with Crippen LogP contribution in [0.25, 0.3) is 0 Å². The zero-order valence-electron chi connectivity index (χ0n) is 16.8. The van der Waals surface area contributed by atoms with Crippen LogP contribution in [-0.4, -0.2) is 44.5 Å². The van der Waals surface area contributed by atoms with Gasteiger partial charge in [-0.05, 0) is 30.0 Å². The van der Waals surface area contributed by atoms with Gasteiger partial charge in [-0.2, -0.15) is 0 Å². The van der Waals surface area contributed by atoms with Crippen molar-refractivity contribution in [3.63, 3.8) is 0 Å². The first-order chi connectivity index (χ1) is 13.0. The van der Waals surface area contributed by atoms with Crippen LogP contribution < -0.4 is 14.8 Å². The zero-order chi connectivity index (χ0) is 19.6. The van der Waals surface area contributed by atoms with E-state index >= 15 is 0 Å². The Bertz CT molecular complexity index is 625. The highest BCUT2D eigenvalue weighted by molar-refractivity contribution is 5.77. The fourth-order valence-corrected chi connectivity index (χ4v) is 3.31. The Morgan fingerprint density at radius 2 is 1.89 bits per heavy atom. The molecule has 0 atom stereocenters. The van der Waals surface area contributed by atoms with Gasteiger partial charge in [0.05, 0.1) is 7.11 Å². The summed E-state index contributed by atoms with van der Waals surface area (Å²) in [6, 6.07) is 5.47. The Hall–Kier alpha value is -2.24. The van der Waals surface area contributed by atoms with Crippen molar-refractivity contribution < 1.29 is 19.1 Å². The number of rotatable bonds is 9. The Morgan fingerprint density at radius 3 is 2.56 bits per heavy atom. The molecule has 0 aliphatic heterocycles. The fourth-order valence-electron chi connectivity index (χ4n) is 3.31. The number of carbonyl (C=O) groups is 2. The lowest BCUT2D eigenvalue weighted by atomic mass is 9.86. The number of methoxy groups -OCH3 is 1. The van der Waals surface area contributed by atoms with Gasteiger partial charge in [0.2, 0.25) is 5.91 Å². The Morgan fingerprint density at radius 1 is 1.15 bits per heavy atom. The zero-order valence-corrected chi connectivity index (χ0v) is 16.8. The number of amides is 2. The number of benzene rings is 1. The molecule has 0 bridgehead atoms. The number of ether oxygens (including phenoxy) is 2. The number of hydrogen-bond acceptors (Lipinski definition) is 4. The molecule has 1 aromatic carbocycles. The minimum Gasteiger partial charge on any atom is -0.493 e. The van der Waals surface area contributed by atoms with Gasteiger partial charge in [0.15, 0.2) is 18.1 Å². The van der Waals surface area contributed by atoms with Crippen molar-refractivity contribution >= 4 is 11.8 Å². The number of hydrogen-bond donors (Lipinski definition) is 1. The summed E-state index contributed by atoms with van der Waals surface area (Å²) in [5, 5.41) is 2.98. The summed E-state index contributed by atoms with van der Waals surface area (Å²) < 4.78 is 10.9. The van der Waals surface area contributed by atoms with E-state index in [1.165, 1.54) is 37.0 Å². The summed E-state index contributed by atoms with van der Waals surface area (Å²) >= 11 is 0. The Kier molecular flexibility index (Phi) is 8.43. The van der Waals surface area contributed by atoms with E-state index in [2.05, 4.69) is 5.32 Å². The highest BCUT2D eigenvalue weighted by atomic mass is 16.5. The second kappa shape index (κ2) is 10.8. The molecule has 6 heteroatoms. The van der Waals surface area contributed by atoms with Gasteiger partial charge in [0.25, 0.3) is 5.91 Å². The predicted octanol–water partition coefficient (Wildman–Crippen LogP) is 3.14. The molecule has 1 fully saturated rings. The Labute approximate surface area is 162 Å². The van der Waals surface area contributed by atoms with E-state index in [9.17, 15) is 9.59 Å². The summed E-state index contributed by atoms with van der Waals surface area (Å²) in [7, 11) is 4.93. The summed E-state index contributed by atoms with van der Waals surface area (Å²) in [4.78, 5) is 25.2. The highest BCUT2D eigenvalue weighted by Crippen LogP contribution is 2.29. The predicted molar refractivity (Wildman–Crippen MR) is 105 cm³/mol. The van der Waals surface area contributed by atoms with Crippen molar-refractivity contribution in [1.82, 2.24) is 10.2 Å². The first-order valence-electron chi connectivity index (χ1n) is 9.76. The van der Waals surface area contributed by atoms with Crippen LogP contribution in [0.2, 0.25) is 0 Å². The van der Waals surface area contributed by atoms with Gasteiger partial charge in [0, 0.05) is 27.1 Å². The smallest absolute Gasteiger partial charge is 0.259 e. The lowest BCUT2D eigenvalue weighted by Crippen LogP contribution is -2.27. The molecule has 0 radical (unpaired) electrons. The number of nitrogens with zero attached hydrogens (tertiary/aromatic N) is 1. The first kappa shape index (κ1) is 21.1. The van der Waals surface area contributed by atoms with Crippen molar-refractivity contribution in [2.24, 2.45) is 5.92 Å². The van der Waals surface area contributed by atoms with Crippen LogP contribution in [0.3, 0.4) is 0 Å². The third-order valence-corrected chi connectivity index (χ3v) is 5.07. The van der Waals surface area contributed by atoms with E-state index in [1.807, 2.05) is 12.1 Å². The molecule has 0 spiro atoms. The van der Waals surface area contributed by atoms with E-state index in [-0.39, 0.29) is 18.4 Å². The van der Waals surface area contributed by atoms with Crippen molar-refractivity contribution in [3.05, 3.63) is 23.8 Å². The molecule has 1 N–H and O–H groups in total. The van der Waals surface area contributed by atoms with Crippen LogP contribution in [0, 0.1) is 5.92 Å². The topological polar surface area (TPSA) is 67.9 Å². The Balaban J connectivity index is 1.80. The van der Waals surface area contributed by atoms with Gasteiger partial charge in [-0.15, -0.1) is 0 Å². The largest absolute Gasteiger partial charge is 0.493 e. The van der Waals surface area contributed by atoms with Gasteiger partial charge in [0.1, 0.15) is 0 Å². The maximum Gasteiger partial charge on any atom is 0.259 e. The van der Waals surface area contributed by atoms with Crippen LogP contribution in [0.5, 0.6) is 11.5 Å². The minimum absolute atomic E-state index is 0.0411. The summed E-state index contributed by atoms with van der Waals surface area (Å²) in [5.41, 5.74) is 0.934. The van der Waals surface area contributed by atoms with E-state index in [4.69, 9.17) is 9.47 Å². The monoisotopic (exact) mass is 376 g/mol. The summed E-state index contributed by atoms with van der Waals surface area (Å²) in [6.45, 7) is 0.414. The second-order valence-corrected chi connectivity index (χ2v) is 7.38. The standard InChI is InChI=1S/C21H32N2O4/c1-23(2)21(25)15-27-18-11-9-17(13-19(18)26-3)14-22-20(24)12-10-16-7-5-4-6-8-16/h9,11,13,16H,4-8,10,12,14-15H2,1-3H3,(H,22,24). The lowest BCUT2D eigenvalue weighted by molar-refractivity contribution is -0.130. The molecule has 27 heavy (non-hydrogen) atoms. The average molecular weight is 376 g/mol. The van der Waals surface area contributed by atoms with Crippen LogP contribution in [0.4, 0.5) is 0 Å². The van der Waals surface area contributed by atoms with Gasteiger partial charge in [-0.1, -0.05) is 38.2 Å². The molecule has 2 amide bonds. The molecular weight excluding hydrogens is 344 g/mol. The van der Waals surface area contributed by atoms with Gasteiger partial charge >= 0.3 is 0 Å². The lowest BCUT2D eigenvalue weighted by Gasteiger charge is -2.21. The third-order valence-electron chi connectivity index (χ3n) is 5.07. The van der Waals surface area contributed by atoms with E-state index in [0.29, 0.717) is 30.4 Å². The van der Waals surface area contributed by atoms with Gasteiger partial charge in [-0.25, -0.2) is 0 Å². The van der Waals surface area contributed by atoms with Crippen LogP contribution in [0.15, 0.2) is 18.2 Å². The summed E-state index contributed by atoms with van der Waals surface area (Å²) in [5.74, 6) is 1.75. The molecule has 1 saturated carbocycles. The van der Waals surface area contributed by atoms with Gasteiger partial charge < -0.3 is 19.7 Å². The first-order valence-corrected chi connectivity index (χ1v) is 9.76. The van der Waals surface area contributed by atoms with Crippen LogP contribution >= 0.6 is 0 Å². The number of likely N-dealkylation sites (N-methyl/N-ethyl adjacent to an activating group) is 1. The van der Waals surface area contributed by atoms with E-state index < -0.39 is 0 Å². The summed E-state index contributed by atoms with van der Waals surface area (Å²) in [6.07, 6.45) is 8.07. The van der Waals surface area contributed by atoms with E-state index in [0.717, 1.165) is 12.0 Å². The molecular formula is C21H32N2O4. The van der Waals surface area contributed by atoms with Crippen molar-refractivity contribution in [2.75, 3.05) is 27.8 Å². The fraction of sp³-hybridized carbons (Fsp3) is 0.619. The normalized spacial score (nSPS) is 14.5. The maximum absolute atomic E-state index is 12.1. The van der Waals surface area contributed by atoms with E-state index in [1.54, 1.807) is 27.3 Å². The molecule has 0 unspecified atom stereocenters. The van der Waals surface area contributed by atoms with Crippen LogP contribution in [0.1, 0.15) is 50.5 Å².